The highest BCUT2D eigenvalue weighted by molar-refractivity contribution is 5.94. The van der Waals surface area contributed by atoms with Gasteiger partial charge in [-0.25, -0.2) is 9.97 Å². The molecule has 5 nitrogen and oxygen atoms in total. The lowest BCUT2D eigenvalue weighted by atomic mass is 9.87. The molecule has 5 heteroatoms. The number of fused-ring (bicyclic) bond motifs is 1. The number of hydrogen-bond acceptors (Lipinski definition) is 4. The van der Waals surface area contributed by atoms with E-state index in [1.54, 1.807) is 12.4 Å². The van der Waals surface area contributed by atoms with Crippen LogP contribution in [0.3, 0.4) is 0 Å². The van der Waals surface area contributed by atoms with E-state index in [4.69, 9.17) is 0 Å². The molecule has 1 amide bonds. The normalized spacial score (nSPS) is 23.6. The lowest BCUT2D eigenvalue weighted by Gasteiger charge is -2.40. The maximum absolute atomic E-state index is 13.0. The van der Waals surface area contributed by atoms with Gasteiger partial charge in [-0.2, -0.15) is 0 Å². The van der Waals surface area contributed by atoms with Crippen LogP contribution in [0.25, 0.3) is 11.4 Å². The van der Waals surface area contributed by atoms with Gasteiger partial charge in [0.2, 0.25) is 0 Å². The zero-order valence-electron chi connectivity index (χ0n) is 14.4. The predicted molar refractivity (Wildman–Crippen MR) is 97.1 cm³/mol. The van der Waals surface area contributed by atoms with Crippen molar-refractivity contribution in [2.75, 3.05) is 19.6 Å². The van der Waals surface area contributed by atoms with Gasteiger partial charge in [0.1, 0.15) is 0 Å². The van der Waals surface area contributed by atoms with Gasteiger partial charge < -0.3 is 10.2 Å². The van der Waals surface area contributed by atoms with Crippen LogP contribution in [0.15, 0.2) is 42.7 Å². The molecule has 2 aliphatic heterocycles. The molecule has 2 unspecified atom stereocenters. The van der Waals surface area contributed by atoms with Crippen LogP contribution in [0.2, 0.25) is 0 Å². The van der Waals surface area contributed by atoms with Gasteiger partial charge in [-0.15, -0.1) is 0 Å². The molecule has 0 saturated carbocycles. The first-order valence-corrected chi connectivity index (χ1v) is 9.22. The second-order valence-corrected chi connectivity index (χ2v) is 6.98. The highest BCUT2D eigenvalue weighted by Gasteiger charge is 2.35. The fraction of sp³-hybridized carbons (Fsp3) is 0.450. The number of nitrogens with one attached hydrogen (secondary N) is 1. The molecule has 3 heterocycles. The Morgan fingerprint density at radius 2 is 1.88 bits per heavy atom. The molecule has 2 fully saturated rings. The lowest BCUT2D eigenvalue weighted by molar-refractivity contribution is 0.0494. The highest BCUT2D eigenvalue weighted by atomic mass is 16.2. The van der Waals surface area contributed by atoms with Crippen molar-refractivity contribution in [1.29, 1.82) is 0 Å². The van der Waals surface area contributed by atoms with Crippen LogP contribution < -0.4 is 5.32 Å². The van der Waals surface area contributed by atoms with Crippen LogP contribution in [0.4, 0.5) is 0 Å². The molecular formula is C20H24N4O. The first-order chi connectivity index (χ1) is 12.3. The van der Waals surface area contributed by atoms with Crippen molar-refractivity contribution in [1.82, 2.24) is 20.2 Å². The van der Waals surface area contributed by atoms with E-state index in [0.717, 1.165) is 44.5 Å². The average Bonchev–Trinajstić information content (AvgIpc) is 2.94. The minimum absolute atomic E-state index is 0.0798. The Morgan fingerprint density at radius 3 is 2.68 bits per heavy atom. The third-order valence-electron chi connectivity index (χ3n) is 5.37. The summed E-state index contributed by atoms with van der Waals surface area (Å²) in [5, 5.41) is 3.51. The van der Waals surface area contributed by atoms with Crippen molar-refractivity contribution in [3.05, 3.63) is 48.3 Å². The molecule has 2 aromatic rings. The van der Waals surface area contributed by atoms with Gasteiger partial charge in [-0.05, 0) is 44.7 Å². The number of rotatable bonds is 2. The van der Waals surface area contributed by atoms with Crippen LogP contribution in [0, 0.1) is 5.92 Å². The molecule has 0 radical (unpaired) electrons. The fourth-order valence-electron chi connectivity index (χ4n) is 4.08. The number of aromatic nitrogens is 2. The summed E-state index contributed by atoms with van der Waals surface area (Å²) in [6, 6.07) is 10.2. The molecule has 2 atom stereocenters. The van der Waals surface area contributed by atoms with E-state index in [-0.39, 0.29) is 5.91 Å². The number of amides is 1. The number of likely N-dealkylation sites (tertiary alicyclic amines) is 1. The molecule has 1 N–H and O–H groups in total. The minimum atomic E-state index is 0.0798. The van der Waals surface area contributed by atoms with Crippen molar-refractivity contribution < 1.29 is 4.79 Å². The van der Waals surface area contributed by atoms with Crippen LogP contribution in [0.1, 0.15) is 36.0 Å². The maximum atomic E-state index is 13.0. The molecule has 0 spiro atoms. The van der Waals surface area contributed by atoms with Crippen molar-refractivity contribution in [3.8, 4) is 11.4 Å². The molecule has 0 bridgehead atoms. The smallest absolute Gasteiger partial charge is 0.257 e. The molecule has 25 heavy (non-hydrogen) atoms. The Labute approximate surface area is 148 Å². The number of nitrogens with zero attached hydrogens (tertiary/aromatic N) is 3. The summed E-state index contributed by atoms with van der Waals surface area (Å²) in [4.78, 5) is 23.9. The molecular weight excluding hydrogens is 312 g/mol. The average molecular weight is 336 g/mol. The summed E-state index contributed by atoms with van der Waals surface area (Å²) in [6.45, 7) is 2.93. The van der Waals surface area contributed by atoms with Gasteiger partial charge in [0, 0.05) is 30.5 Å². The predicted octanol–water partition coefficient (Wildman–Crippen LogP) is 2.75. The quantitative estimate of drug-likeness (QED) is 0.916. The molecule has 2 saturated heterocycles. The minimum Gasteiger partial charge on any atom is -0.335 e. The summed E-state index contributed by atoms with van der Waals surface area (Å²) in [7, 11) is 0. The maximum Gasteiger partial charge on any atom is 0.257 e. The summed E-state index contributed by atoms with van der Waals surface area (Å²) >= 11 is 0. The molecule has 0 aliphatic carbocycles. The molecule has 130 valence electrons. The largest absolute Gasteiger partial charge is 0.335 e. The van der Waals surface area contributed by atoms with E-state index in [9.17, 15) is 4.79 Å². The molecule has 1 aromatic carbocycles. The topological polar surface area (TPSA) is 58.1 Å². The highest BCUT2D eigenvalue weighted by Crippen LogP contribution is 2.29. The molecule has 2 aliphatic rings. The second-order valence-electron chi connectivity index (χ2n) is 6.98. The van der Waals surface area contributed by atoms with E-state index in [1.807, 2.05) is 30.3 Å². The van der Waals surface area contributed by atoms with Crippen molar-refractivity contribution in [2.24, 2.45) is 5.92 Å². The van der Waals surface area contributed by atoms with Gasteiger partial charge in [-0.1, -0.05) is 30.3 Å². The Balaban J connectivity index is 1.53. The number of carbonyl (C=O) groups excluding carboxylic acids is 1. The summed E-state index contributed by atoms with van der Waals surface area (Å²) in [6.07, 6.45) is 7.87. The number of hydrogen-bond donors (Lipinski definition) is 1. The first kappa shape index (κ1) is 16.2. The summed E-state index contributed by atoms with van der Waals surface area (Å²) in [5.74, 6) is 1.31. The van der Waals surface area contributed by atoms with Gasteiger partial charge in [0.25, 0.3) is 5.91 Å². The Morgan fingerprint density at radius 1 is 1.08 bits per heavy atom. The van der Waals surface area contributed by atoms with E-state index in [2.05, 4.69) is 20.2 Å². The SMILES string of the molecule is O=C(c1cnc(-c2ccccc2)nc1)N1CCCC2CNCCCC21. The fourth-order valence-corrected chi connectivity index (χ4v) is 4.08. The molecule has 1 aromatic heterocycles. The van der Waals surface area contributed by atoms with E-state index in [0.29, 0.717) is 23.3 Å². The van der Waals surface area contributed by atoms with Crippen molar-refractivity contribution in [3.63, 3.8) is 0 Å². The summed E-state index contributed by atoms with van der Waals surface area (Å²) < 4.78 is 0. The van der Waals surface area contributed by atoms with Gasteiger partial charge >= 0.3 is 0 Å². The van der Waals surface area contributed by atoms with Crippen molar-refractivity contribution >= 4 is 5.91 Å². The Kier molecular flexibility index (Phi) is 4.74. The zero-order valence-corrected chi connectivity index (χ0v) is 14.4. The second kappa shape index (κ2) is 7.31. The third kappa shape index (κ3) is 3.42. The number of carbonyl (C=O) groups is 1. The van der Waals surface area contributed by atoms with Crippen LogP contribution in [-0.4, -0.2) is 46.5 Å². The van der Waals surface area contributed by atoms with Crippen LogP contribution in [0.5, 0.6) is 0 Å². The van der Waals surface area contributed by atoms with Crippen LogP contribution >= 0.6 is 0 Å². The Bertz CT molecular complexity index is 716. The monoisotopic (exact) mass is 336 g/mol. The number of piperidine rings is 1. The standard InChI is InChI=1S/C20H24N4O/c25-20(24-11-5-8-16-12-21-10-4-9-18(16)24)17-13-22-19(23-14-17)15-6-2-1-3-7-15/h1-3,6-7,13-14,16,18,21H,4-5,8-12H2. The Hall–Kier alpha value is -2.27. The lowest BCUT2D eigenvalue weighted by Crippen LogP contribution is -2.49. The summed E-state index contributed by atoms with van der Waals surface area (Å²) in [5.41, 5.74) is 1.56. The van der Waals surface area contributed by atoms with E-state index < -0.39 is 0 Å². The van der Waals surface area contributed by atoms with E-state index >= 15 is 0 Å². The van der Waals surface area contributed by atoms with Gasteiger partial charge in [-0.3, -0.25) is 4.79 Å². The zero-order chi connectivity index (χ0) is 17.1. The van der Waals surface area contributed by atoms with E-state index in [1.165, 1.54) is 6.42 Å². The van der Waals surface area contributed by atoms with Crippen molar-refractivity contribution in [2.45, 2.75) is 31.7 Å². The van der Waals surface area contributed by atoms with Gasteiger partial charge in [0.05, 0.1) is 5.56 Å². The molecule has 4 rings (SSSR count). The first-order valence-electron chi connectivity index (χ1n) is 9.22. The van der Waals surface area contributed by atoms with Crippen LogP contribution in [-0.2, 0) is 0 Å². The third-order valence-corrected chi connectivity index (χ3v) is 5.37. The van der Waals surface area contributed by atoms with Gasteiger partial charge in [0.15, 0.2) is 5.82 Å². The number of benzene rings is 1.